The van der Waals surface area contributed by atoms with E-state index in [4.69, 9.17) is 0 Å². The minimum absolute atomic E-state index is 0.0378. The fraction of sp³-hybridized carbons (Fsp3) is 0.118. The van der Waals surface area contributed by atoms with Gasteiger partial charge in [-0.1, -0.05) is 36.4 Å². The van der Waals surface area contributed by atoms with Crippen molar-refractivity contribution in [3.05, 3.63) is 140 Å². The second-order valence-corrected chi connectivity index (χ2v) is 11.0. The van der Waals surface area contributed by atoms with E-state index in [0.717, 1.165) is 45.7 Å². The van der Waals surface area contributed by atoms with Crippen molar-refractivity contribution in [1.82, 2.24) is 14.2 Å². The predicted molar refractivity (Wildman–Crippen MR) is 160 cm³/mol. The van der Waals surface area contributed by atoms with Crippen molar-refractivity contribution in [1.29, 1.82) is 0 Å². The Morgan fingerprint density at radius 1 is 0.872 bits per heavy atom. The topological polar surface area (TPSA) is 86.4 Å². The average molecular weight is 645 g/mol. The van der Waals surface area contributed by atoms with Gasteiger partial charge in [-0.2, -0.15) is 13.5 Å². The number of hydrogen-bond donors (Lipinski definition) is 0. The van der Waals surface area contributed by atoms with E-state index in [9.17, 15) is 36.3 Å². The standard InChI is InChI=1S/C34H21F5N4O4/c1-16-13-19-9-6-10-22-30(19)42(16)24(18-7-4-3-5-8-18)15-41(32(22)44)43-17(2)40-23-14-20(11-12-21(23)33(43)45)34(46)47-31-28(38)26(36)25(35)27(37)29(31)39/h3-5,7-8,10-15H,6,9H2,1-2H3. The van der Waals surface area contributed by atoms with Gasteiger partial charge < -0.3 is 9.30 Å². The number of halogens is 5. The Morgan fingerprint density at radius 2 is 1.55 bits per heavy atom. The van der Waals surface area contributed by atoms with E-state index >= 15 is 0 Å². The molecule has 3 aromatic carbocycles. The summed E-state index contributed by atoms with van der Waals surface area (Å²) in [5.74, 6) is -15.3. The molecule has 0 N–H and O–H groups in total. The highest BCUT2D eigenvalue weighted by atomic mass is 19.2. The molecule has 0 fully saturated rings. The molecule has 1 amide bonds. The van der Waals surface area contributed by atoms with Gasteiger partial charge >= 0.3 is 5.97 Å². The van der Waals surface area contributed by atoms with Crippen LogP contribution in [-0.2, 0) is 11.2 Å². The molecule has 2 aromatic heterocycles. The summed E-state index contributed by atoms with van der Waals surface area (Å²) < 4.78 is 76.6. The van der Waals surface area contributed by atoms with Crippen LogP contribution in [0.5, 0.6) is 5.75 Å². The first-order valence-electron chi connectivity index (χ1n) is 14.3. The number of hydrogen-bond acceptors (Lipinski definition) is 5. The number of rotatable bonds is 4. The molecule has 0 radical (unpaired) electrons. The fourth-order valence-electron chi connectivity index (χ4n) is 5.97. The van der Waals surface area contributed by atoms with Crippen LogP contribution >= 0.6 is 0 Å². The summed E-state index contributed by atoms with van der Waals surface area (Å²) in [5.41, 5.74) is 3.37. The van der Waals surface area contributed by atoms with Crippen LogP contribution in [0, 0.1) is 42.9 Å². The maximum Gasteiger partial charge on any atom is 0.343 e. The van der Waals surface area contributed by atoms with Gasteiger partial charge in [0.15, 0.2) is 0 Å². The summed E-state index contributed by atoms with van der Waals surface area (Å²) in [7, 11) is 0. The smallest absolute Gasteiger partial charge is 0.343 e. The van der Waals surface area contributed by atoms with E-state index in [0.29, 0.717) is 17.7 Å². The molecule has 0 atom stereocenters. The van der Waals surface area contributed by atoms with Gasteiger partial charge in [-0.25, -0.2) is 28.0 Å². The van der Waals surface area contributed by atoms with Crippen molar-refractivity contribution in [2.75, 3.05) is 5.01 Å². The third-order valence-corrected chi connectivity index (χ3v) is 8.10. The van der Waals surface area contributed by atoms with Crippen LogP contribution in [-0.4, -0.2) is 26.1 Å². The summed E-state index contributed by atoms with van der Waals surface area (Å²) in [6, 6.07) is 14.7. The number of aromatic nitrogens is 3. The van der Waals surface area contributed by atoms with Gasteiger partial charge in [0.05, 0.1) is 39.6 Å². The Balaban J connectivity index is 1.34. The van der Waals surface area contributed by atoms with E-state index in [1.54, 1.807) is 6.20 Å². The van der Waals surface area contributed by atoms with Crippen molar-refractivity contribution in [3.63, 3.8) is 0 Å². The number of nitrogens with zero attached hydrogens (tertiary/aromatic N) is 4. The molecule has 8 nitrogen and oxygen atoms in total. The molecule has 236 valence electrons. The Hall–Kier alpha value is -5.85. The summed E-state index contributed by atoms with van der Waals surface area (Å²) >= 11 is 0. The molecule has 13 heteroatoms. The van der Waals surface area contributed by atoms with Crippen LogP contribution in [0.4, 0.5) is 22.0 Å². The first-order valence-corrected chi connectivity index (χ1v) is 14.3. The van der Waals surface area contributed by atoms with E-state index in [2.05, 4.69) is 9.72 Å². The second-order valence-electron chi connectivity index (χ2n) is 11.0. The van der Waals surface area contributed by atoms with Gasteiger partial charge in [0.25, 0.3) is 11.5 Å². The highest BCUT2D eigenvalue weighted by molar-refractivity contribution is 6.26. The Labute approximate surface area is 262 Å². The maximum atomic E-state index is 14.2. The fourth-order valence-corrected chi connectivity index (χ4v) is 5.97. The number of allylic oxidation sites excluding steroid dienone is 1. The average Bonchev–Trinajstić information content (AvgIpc) is 3.34. The monoisotopic (exact) mass is 644 g/mol. The van der Waals surface area contributed by atoms with Crippen molar-refractivity contribution in [3.8, 4) is 5.75 Å². The van der Waals surface area contributed by atoms with Crippen LogP contribution in [0.1, 0.15) is 45.1 Å². The van der Waals surface area contributed by atoms with E-state index in [1.165, 1.54) is 18.0 Å². The highest BCUT2D eigenvalue weighted by Gasteiger charge is 2.34. The summed E-state index contributed by atoms with van der Waals surface area (Å²) in [6.45, 7) is 3.41. The number of amides is 1. The van der Waals surface area contributed by atoms with Crippen molar-refractivity contribution in [2.45, 2.75) is 26.7 Å². The molecule has 0 saturated heterocycles. The predicted octanol–water partition coefficient (Wildman–Crippen LogP) is 6.08. The molecule has 3 heterocycles. The molecular weight excluding hydrogens is 623 g/mol. The SMILES string of the molecule is Cc1cc2c3n1C(c1ccccc1)=CN(n1c(C)nc4cc(C(=O)Oc5c(F)c(F)c(F)c(F)c5F)ccc4c1=O)C(=O)C3=CCC2. The first kappa shape index (κ1) is 29.8. The van der Waals surface area contributed by atoms with Gasteiger partial charge in [-0.3, -0.25) is 9.59 Å². The maximum absolute atomic E-state index is 14.2. The Morgan fingerprint density at radius 3 is 2.26 bits per heavy atom. The zero-order chi connectivity index (χ0) is 33.3. The summed E-state index contributed by atoms with van der Waals surface area (Å²) in [5, 5.41) is 1.16. The number of carbonyl (C=O) groups excluding carboxylic acids is 2. The van der Waals surface area contributed by atoms with Gasteiger partial charge in [0, 0.05) is 11.3 Å². The lowest BCUT2D eigenvalue weighted by Crippen LogP contribution is -2.44. The third kappa shape index (κ3) is 4.56. The lowest BCUT2D eigenvalue weighted by atomic mass is 9.96. The minimum Gasteiger partial charge on any atom is -0.416 e. The van der Waals surface area contributed by atoms with E-state index < -0.39 is 57.8 Å². The number of ether oxygens (including phenoxy) is 1. The Kier molecular flexibility index (Phi) is 6.92. The lowest BCUT2D eigenvalue weighted by molar-refractivity contribution is -0.114. The van der Waals surface area contributed by atoms with Gasteiger partial charge in [-0.05, 0) is 56.5 Å². The van der Waals surface area contributed by atoms with Crippen LogP contribution in [0.15, 0.2) is 71.7 Å². The van der Waals surface area contributed by atoms with Gasteiger partial charge in [-0.15, -0.1) is 0 Å². The molecule has 5 aromatic rings. The van der Waals surface area contributed by atoms with Crippen LogP contribution < -0.4 is 15.3 Å². The summed E-state index contributed by atoms with van der Waals surface area (Å²) in [6.07, 6.45) is 4.78. The first-order chi connectivity index (χ1) is 22.5. The lowest BCUT2D eigenvalue weighted by Gasteiger charge is -2.23. The molecule has 1 aliphatic carbocycles. The van der Waals surface area contributed by atoms with Crippen LogP contribution in [0.3, 0.4) is 0 Å². The highest BCUT2D eigenvalue weighted by Crippen LogP contribution is 2.37. The van der Waals surface area contributed by atoms with E-state index in [-0.39, 0.29) is 16.7 Å². The molecule has 2 aliphatic rings. The van der Waals surface area contributed by atoms with Crippen molar-refractivity contribution >= 4 is 34.0 Å². The molecule has 0 spiro atoms. The van der Waals surface area contributed by atoms with Gasteiger partial charge in [0.2, 0.25) is 34.8 Å². The normalized spacial score (nSPS) is 14.1. The minimum atomic E-state index is -2.40. The molecular formula is C34H21F5N4O4. The number of aryl methyl sites for hydroxylation is 3. The largest absolute Gasteiger partial charge is 0.416 e. The molecule has 0 bridgehead atoms. The second kappa shape index (κ2) is 10.9. The molecule has 0 saturated carbocycles. The molecule has 47 heavy (non-hydrogen) atoms. The summed E-state index contributed by atoms with van der Waals surface area (Å²) in [4.78, 5) is 45.4. The quantitative estimate of drug-likeness (QED) is 0.0778. The van der Waals surface area contributed by atoms with Crippen LogP contribution in [0.2, 0.25) is 0 Å². The van der Waals surface area contributed by atoms with Crippen molar-refractivity contribution in [2.24, 2.45) is 0 Å². The van der Waals surface area contributed by atoms with E-state index in [1.807, 2.05) is 54.0 Å². The number of benzene rings is 3. The number of carbonyl (C=O) groups is 2. The van der Waals surface area contributed by atoms with Crippen LogP contribution in [0.25, 0.3) is 22.2 Å². The molecule has 0 unspecified atom stereocenters. The molecule has 7 rings (SSSR count). The van der Waals surface area contributed by atoms with Crippen molar-refractivity contribution < 1.29 is 36.3 Å². The zero-order valence-electron chi connectivity index (χ0n) is 24.6. The zero-order valence-corrected chi connectivity index (χ0v) is 24.6. The number of esters is 1. The number of fused-ring (bicyclic) bond motifs is 1. The van der Waals surface area contributed by atoms with Gasteiger partial charge in [0.1, 0.15) is 5.82 Å². The molecule has 1 aliphatic heterocycles. The third-order valence-electron chi connectivity index (χ3n) is 8.10. The Bertz CT molecular complexity index is 2300.